The number of hydrogen-bond donors (Lipinski definition) is 2. The van der Waals surface area contributed by atoms with Crippen LogP contribution < -0.4 is 5.32 Å². The van der Waals surface area contributed by atoms with E-state index in [-0.39, 0.29) is 6.04 Å². The van der Waals surface area contributed by atoms with Gasteiger partial charge in [0.2, 0.25) is 0 Å². The lowest BCUT2D eigenvalue weighted by atomic mass is 10.1. The quantitative estimate of drug-likeness (QED) is 0.800. The van der Waals surface area contributed by atoms with Crippen LogP contribution in [0.2, 0.25) is 0 Å². The minimum absolute atomic E-state index is 0.163. The van der Waals surface area contributed by atoms with E-state index in [9.17, 15) is 5.11 Å². The molecule has 2 N–H and O–H groups in total. The van der Waals surface area contributed by atoms with E-state index < -0.39 is 0 Å². The molecule has 0 amide bonds. The van der Waals surface area contributed by atoms with Gasteiger partial charge in [-0.1, -0.05) is 18.2 Å². The van der Waals surface area contributed by atoms with Crippen molar-refractivity contribution in [2.24, 2.45) is 0 Å². The number of likely N-dealkylation sites (N-methyl/N-ethyl adjacent to an activating group) is 1. The summed E-state index contributed by atoms with van der Waals surface area (Å²) in [6.07, 6.45) is 0. The molecule has 0 saturated carbocycles. The highest BCUT2D eigenvalue weighted by atomic mass is 16.3. The molecule has 90 valence electrons. The highest BCUT2D eigenvalue weighted by Gasteiger charge is 2.12. The second-order valence-electron chi connectivity index (χ2n) is 4.61. The third-order valence-corrected chi connectivity index (χ3v) is 2.58. The first-order chi connectivity index (χ1) is 7.50. The lowest BCUT2D eigenvalue weighted by molar-refractivity contribution is 0.332. The Morgan fingerprint density at radius 3 is 2.44 bits per heavy atom. The van der Waals surface area contributed by atoms with E-state index in [4.69, 9.17) is 0 Å². The molecule has 0 heterocycles. The molecule has 1 aromatic rings. The van der Waals surface area contributed by atoms with Gasteiger partial charge in [-0.25, -0.2) is 0 Å². The minimum Gasteiger partial charge on any atom is -0.508 e. The molecule has 0 aliphatic heterocycles. The number of aromatic hydroxyl groups is 1. The molecule has 1 aromatic carbocycles. The number of phenolic OH excluding ortho intramolecular Hbond substituents is 1. The fraction of sp³-hybridized carbons (Fsp3) is 0.538. The van der Waals surface area contributed by atoms with Crippen LogP contribution in [0.1, 0.15) is 25.5 Å². The van der Waals surface area contributed by atoms with Gasteiger partial charge in [0.1, 0.15) is 5.75 Å². The predicted octanol–water partition coefficient (Wildman–Crippen LogP) is 1.99. The smallest absolute Gasteiger partial charge is 0.120 e. The molecular formula is C13H22N2O. The van der Waals surface area contributed by atoms with Gasteiger partial charge >= 0.3 is 0 Å². The van der Waals surface area contributed by atoms with E-state index in [2.05, 4.69) is 38.2 Å². The van der Waals surface area contributed by atoms with Gasteiger partial charge in [-0.15, -0.1) is 0 Å². The topological polar surface area (TPSA) is 35.5 Å². The zero-order valence-electron chi connectivity index (χ0n) is 10.6. The van der Waals surface area contributed by atoms with E-state index in [1.165, 1.54) is 0 Å². The number of nitrogens with zero attached hydrogens (tertiary/aromatic N) is 1. The average molecular weight is 222 g/mol. The molecule has 3 nitrogen and oxygen atoms in total. The molecule has 16 heavy (non-hydrogen) atoms. The minimum atomic E-state index is 0.163. The molecule has 0 spiro atoms. The van der Waals surface area contributed by atoms with Gasteiger partial charge in [-0.3, -0.25) is 0 Å². The van der Waals surface area contributed by atoms with Crippen molar-refractivity contribution in [2.45, 2.75) is 25.9 Å². The third kappa shape index (κ3) is 3.83. The number of phenols is 1. The number of rotatable bonds is 5. The van der Waals surface area contributed by atoms with Crippen LogP contribution in [-0.2, 0) is 0 Å². The van der Waals surface area contributed by atoms with Crippen molar-refractivity contribution in [3.8, 4) is 5.75 Å². The normalized spacial score (nSPS) is 15.1. The number of hydrogen-bond acceptors (Lipinski definition) is 3. The highest BCUT2D eigenvalue weighted by molar-refractivity contribution is 5.34. The molecule has 3 heteroatoms. The number of benzene rings is 1. The Kier molecular flexibility index (Phi) is 4.77. The van der Waals surface area contributed by atoms with Crippen LogP contribution in [0.4, 0.5) is 0 Å². The standard InChI is InChI=1S/C13H22N2O/c1-10(9-15(3)4)14-11(2)12-7-5-6-8-13(12)16/h5-8,10-11,14,16H,9H2,1-4H3. The van der Waals surface area contributed by atoms with Gasteiger partial charge in [0.15, 0.2) is 0 Å². The van der Waals surface area contributed by atoms with Crippen molar-refractivity contribution in [1.82, 2.24) is 10.2 Å². The Bertz CT molecular complexity index is 325. The van der Waals surface area contributed by atoms with Crippen LogP contribution in [0.25, 0.3) is 0 Å². The molecule has 0 saturated heterocycles. The van der Waals surface area contributed by atoms with Crippen LogP contribution in [0, 0.1) is 0 Å². The lowest BCUT2D eigenvalue weighted by Crippen LogP contribution is -2.37. The van der Waals surface area contributed by atoms with Crippen LogP contribution in [0.3, 0.4) is 0 Å². The molecule has 0 radical (unpaired) electrons. The molecule has 2 atom stereocenters. The summed E-state index contributed by atoms with van der Waals surface area (Å²) >= 11 is 0. The Morgan fingerprint density at radius 2 is 1.88 bits per heavy atom. The van der Waals surface area contributed by atoms with E-state index in [0.717, 1.165) is 12.1 Å². The Morgan fingerprint density at radius 1 is 1.25 bits per heavy atom. The van der Waals surface area contributed by atoms with Gasteiger partial charge in [0.25, 0.3) is 0 Å². The summed E-state index contributed by atoms with van der Waals surface area (Å²) in [5.74, 6) is 0.361. The van der Waals surface area contributed by atoms with E-state index in [1.54, 1.807) is 6.07 Å². The SMILES string of the molecule is CC(CN(C)C)NC(C)c1ccccc1O. The summed E-state index contributed by atoms with van der Waals surface area (Å²) in [6.45, 7) is 5.20. The summed E-state index contributed by atoms with van der Waals surface area (Å²) < 4.78 is 0. The van der Waals surface area contributed by atoms with Crippen LogP contribution in [0.15, 0.2) is 24.3 Å². The summed E-state index contributed by atoms with van der Waals surface area (Å²) in [5.41, 5.74) is 0.952. The molecule has 0 aromatic heterocycles. The average Bonchev–Trinajstić information content (AvgIpc) is 2.16. The zero-order chi connectivity index (χ0) is 12.1. The van der Waals surface area contributed by atoms with Gasteiger partial charge in [-0.05, 0) is 34.0 Å². The second kappa shape index (κ2) is 5.87. The van der Waals surface area contributed by atoms with Crippen molar-refractivity contribution in [1.29, 1.82) is 0 Å². The maximum Gasteiger partial charge on any atom is 0.120 e. The first kappa shape index (κ1) is 13.0. The molecule has 2 unspecified atom stereocenters. The third-order valence-electron chi connectivity index (χ3n) is 2.58. The van der Waals surface area contributed by atoms with Gasteiger partial charge in [0, 0.05) is 24.2 Å². The fourth-order valence-corrected chi connectivity index (χ4v) is 1.97. The molecule has 0 aliphatic carbocycles. The molecular weight excluding hydrogens is 200 g/mol. The Hall–Kier alpha value is -1.06. The van der Waals surface area contributed by atoms with Crippen molar-refractivity contribution in [2.75, 3.05) is 20.6 Å². The van der Waals surface area contributed by atoms with Crippen LogP contribution in [0.5, 0.6) is 5.75 Å². The Balaban J connectivity index is 2.58. The van der Waals surface area contributed by atoms with E-state index in [1.807, 2.05) is 18.2 Å². The summed E-state index contributed by atoms with van der Waals surface area (Å²) in [5, 5.41) is 13.2. The largest absolute Gasteiger partial charge is 0.508 e. The van der Waals surface area contributed by atoms with Crippen LogP contribution in [-0.4, -0.2) is 36.7 Å². The summed E-state index contributed by atoms with van der Waals surface area (Å²) in [6, 6.07) is 8.03. The van der Waals surface area contributed by atoms with Gasteiger partial charge in [0.05, 0.1) is 0 Å². The molecule has 0 bridgehead atoms. The highest BCUT2D eigenvalue weighted by Crippen LogP contribution is 2.23. The van der Waals surface area contributed by atoms with Crippen molar-refractivity contribution in [3.63, 3.8) is 0 Å². The monoisotopic (exact) mass is 222 g/mol. The number of nitrogens with one attached hydrogen (secondary N) is 1. The van der Waals surface area contributed by atoms with Crippen molar-refractivity contribution in [3.05, 3.63) is 29.8 Å². The van der Waals surface area contributed by atoms with Crippen molar-refractivity contribution >= 4 is 0 Å². The van der Waals surface area contributed by atoms with Crippen molar-refractivity contribution < 1.29 is 5.11 Å². The van der Waals surface area contributed by atoms with E-state index in [0.29, 0.717) is 11.8 Å². The maximum atomic E-state index is 9.73. The predicted molar refractivity (Wildman–Crippen MR) is 67.7 cm³/mol. The van der Waals surface area contributed by atoms with E-state index >= 15 is 0 Å². The fourth-order valence-electron chi connectivity index (χ4n) is 1.97. The Labute approximate surface area is 98.1 Å². The summed E-state index contributed by atoms with van der Waals surface area (Å²) in [4.78, 5) is 2.15. The second-order valence-corrected chi connectivity index (χ2v) is 4.61. The number of para-hydroxylation sites is 1. The zero-order valence-corrected chi connectivity index (χ0v) is 10.6. The lowest BCUT2D eigenvalue weighted by Gasteiger charge is -2.23. The van der Waals surface area contributed by atoms with Gasteiger partial charge < -0.3 is 15.3 Å². The first-order valence-electron chi connectivity index (χ1n) is 5.69. The molecule has 0 aliphatic rings. The first-order valence-corrected chi connectivity index (χ1v) is 5.69. The maximum absolute atomic E-state index is 9.73. The van der Waals surface area contributed by atoms with Gasteiger partial charge in [-0.2, -0.15) is 0 Å². The van der Waals surface area contributed by atoms with Crippen LogP contribution >= 0.6 is 0 Å². The molecule has 1 rings (SSSR count). The molecule has 0 fully saturated rings. The summed E-state index contributed by atoms with van der Waals surface area (Å²) in [7, 11) is 4.12.